The van der Waals surface area contributed by atoms with E-state index < -0.39 is 9.85 Å². The highest BCUT2D eigenvalue weighted by atomic mass is 127. The molecule has 1 aliphatic rings. The van der Waals surface area contributed by atoms with Crippen molar-refractivity contribution in [1.29, 1.82) is 0 Å². The number of hydrogen-bond donors (Lipinski definition) is 0. The molecule has 0 aliphatic heterocycles. The first-order chi connectivity index (χ1) is 5.13. The molecule has 1 rings (SSSR count). The van der Waals surface area contributed by atoms with Gasteiger partial charge >= 0.3 is 5.92 Å². The van der Waals surface area contributed by atoms with E-state index in [0.29, 0.717) is 12.8 Å². The molecule has 0 nitrogen and oxygen atoms in total. The van der Waals surface area contributed by atoms with Crippen LogP contribution in [0.3, 0.4) is 0 Å². The maximum Gasteiger partial charge on any atom is 0.319 e. The molecule has 3 heteroatoms. The summed E-state index contributed by atoms with van der Waals surface area (Å²) in [5.74, 6) is 1.76. The highest BCUT2D eigenvalue weighted by Crippen LogP contribution is 2.29. The van der Waals surface area contributed by atoms with Crippen molar-refractivity contribution in [1.82, 2.24) is 0 Å². The van der Waals surface area contributed by atoms with E-state index in [0.717, 1.165) is 12.8 Å². The Hall–Kier alpha value is 0.150. The van der Waals surface area contributed by atoms with Crippen LogP contribution in [0.4, 0.5) is 8.78 Å². The lowest BCUT2D eigenvalue weighted by Gasteiger charge is -2.17. The van der Waals surface area contributed by atoms with Gasteiger partial charge in [0.25, 0.3) is 0 Å². The van der Waals surface area contributed by atoms with Crippen LogP contribution in [-0.4, -0.2) is 9.85 Å². The predicted molar refractivity (Wildman–Crippen MR) is 49.0 cm³/mol. The molecule has 1 aliphatic carbocycles. The van der Waals surface area contributed by atoms with Crippen LogP contribution in [0.25, 0.3) is 0 Å². The molecule has 0 spiro atoms. The van der Waals surface area contributed by atoms with E-state index in [1.54, 1.807) is 22.6 Å². The molecule has 0 aromatic rings. The first-order valence-electron chi connectivity index (χ1n) is 3.65. The standard InChI is InChI=1S/C8H9F2I/c9-8(10)6-4-2-1-3-5-7(8)11/h7H,1-3,5H2/t7-/m1/s1. The van der Waals surface area contributed by atoms with Crippen molar-refractivity contribution >= 4 is 22.6 Å². The quantitative estimate of drug-likeness (QED) is 0.360. The maximum absolute atomic E-state index is 12.9. The van der Waals surface area contributed by atoms with Gasteiger partial charge in [0, 0.05) is 6.42 Å². The first-order valence-corrected chi connectivity index (χ1v) is 4.89. The molecule has 0 amide bonds. The largest absolute Gasteiger partial charge is 0.319 e. The normalized spacial score (nSPS) is 29.5. The third-order valence-electron chi connectivity index (χ3n) is 1.66. The molecular weight excluding hydrogens is 261 g/mol. The van der Waals surface area contributed by atoms with Crippen molar-refractivity contribution in [3.05, 3.63) is 0 Å². The van der Waals surface area contributed by atoms with Gasteiger partial charge in [-0.2, -0.15) is 8.78 Å². The lowest BCUT2D eigenvalue weighted by molar-refractivity contribution is 0.0649. The van der Waals surface area contributed by atoms with Gasteiger partial charge in [0.05, 0.1) is 3.92 Å². The fourth-order valence-electron chi connectivity index (χ4n) is 0.977. The van der Waals surface area contributed by atoms with Crippen molar-refractivity contribution in [3.63, 3.8) is 0 Å². The molecule has 0 saturated heterocycles. The zero-order chi connectivity index (χ0) is 8.32. The van der Waals surface area contributed by atoms with Gasteiger partial charge in [-0.3, -0.25) is 0 Å². The molecule has 1 atom stereocenters. The molecule has 0 fully saturated rings. The molecule has 0 bridgehead atoms. The molecular formula is C8H9F2I. The van der Waals surface area contributed by atoms with Crippen LogP contribution in [-0.2, 0) is 0 Å². The van der Waals surface area contributed by atoms with E-state index in [9.17, 15) is 8.78 Å². The Kier molecular flexibility index (Phi) is 3.11. The summed E-state index contributed by atoms with van der Waals surface area (Å²) in [6.45, 7) is 0. The summed E-state index contributed by atoms with van der Waals surface area (Å²) in [5.41, 5.74) is 0. The van der Waals surface area contributed by atoms with Gasteiger partial charge in [0.15, 0.2) is 0 Å². The minimum atomic E-state index is -2.76. The molecule has 0 unspecified atom stereocenters. The molecule has 0 radical (unpaired) electrons. The average Bonchev–Trinajstić information content (AvgIpc) is 1.93. The smallest absolute Gasteiger partial charge is 0.191 e. The van der Waals surface area contributed by atoms with Gasteiger partial charge in [-0.1, -0.05) is 34.9 Å². The number of alkyl halides is 3. The van der Waals surface area contributed by atoms with Gasteiger partial charge in [-0.25, -0.2) is 0 Å². The third kappa shape index (κ3) is 2.58. The van der Waals surface area contributed by atoms with Crippen LogP contribution < -0.4 is 0 Å². The molecule has 0 heterocycles. The van der Waals surface area contributed by atoms with Crippen molar-refractivity contribution in [3.8, 4) is 11.8 Å². The van der Waals surface area contributed by atoms with E-state index in [1.165, 1.54) is 0 Å². The van der Waals surface area contributed by atoms with Crippen LogP contribution in [0.15, 0.2) is 0 Å². The Morgan fingerprint density at radius 3 is 2.82 bits per heavy atom. The number of hydrogen-bond acceptors (Lipinski definition) is 0. The highest BCUT2D eigenvalue weighted by Gasteiger charge is 2.35. The van der Waals surface area contributed by atoms with Crippen molar-refractivity contribution < 1.29 is 8.78 Å². The van der Waals surface area contributed by atoms with E-state index in [4.69, 9.17) is 0 Å². The van der Waals surface area contributed by atoms with Gasteiger partial charge in [-0.05, 0) is 18.8 Å². The summed E-state index contributed by atoms with van der Waals surface area (Å²) in [5, 5.41) is 0. The minimum Gasteiger partial charge on any atom is -0.191 e. The summed E-state index contributed by atoms with van der Waals surface area (Å²) in [6.07, 6.45) is 3.04. The molecule has 0 saturated carbocycles. The summed E-state index contributed by atoms with van der Waals surface area (Å²) in [6, 6.07) is 0. The zero-order valence-electron chi connectivity index (χ0n) is 6.04. The fraction of sp³-hybridized carbons (Fsp3) is 0.750. The van der Waals surface area contributed by atoms with Crippen molar-refractivity contribution in [2.45, 2.75) is 35.5 Å². The maximum atomic E-state index is 12.9. The Balaban J connectivity index is 2.71. The second-order valence-corrected chi connectivity index (χ2v) is 4.14. The Bertz CT molecular complexity index is 190. The fourth-order valence-corrected chi connectivity index (χ4v) is 1.57. The van der Waals surface area contributed by atoms with Crippen LogP contribution in [0, 0.1) is 11.8 Å². The molecule has 0 aromatic heterocycles. The van der Waals surface area contributed by atoms with E-state index in [-0.39, 0.29) is 0 Å². The van der Waals surface area contributed by atoms with Gasteiger partial charge < -0.3 is 0 Å². The number of rotatable bonds is 0. The Labute approximate surface area is 78.9 Å². The lowest BCUT2D eigenvalue weighted by atomic mass is 10.1. The summed E-state index contributed by atoms with van der Waals surface area (Å²) < 4.78 is 25.1. The molecule has 0 N–H and O–H groups in total. The van der Waals surface area contributed by atoms with E-state index in [1.807, 2.05) is 5.92 Å². The van der Waals surface area contributed by atoms with Gasteiger partial charge in [0.2, 0.25) is 0 Å². The second-order valence-electron chi connectivity index (χ2n) is 2.64. The minimum absolute atomic E-state index is 0.586. The van der Waals surface area contributed by atoms with Crippen molar-refractivity contribution in [2.24, 2.45) is 0 Å². The van der Waals surface area contributed by atoms with Crippen LogP contribution in [0.5, 0.6) is 0 Å². The second kappa shape index (κ2) is 3.70. The monoisotopic (exact) mass is 270 g/mol. The van der Waals surface area contributed by atoms with Crippen LogP contribution >= 0.6 is 22.6 Å². The first kappa shape index (κ1) is 9.24. The lowest BCUT2D eigenvalue weighted by Crippen LogP contribution is -2.27. The van der Waals surface area contributed by atoms with Gasteiger partial charge in [0.1, 0.15) is 0 Å². The van der Waals surface area contributed by atoms with Crippen LogP contribution in [0.2, 0.25) is 0 Å². The van der Waals surface area contributed by atoms with Crippen LogP contribution in [0.1, 0.15) is 25.7 Å². The van der Waals surface area contributed by atoms with E-state index in [2.05, 4.69) is 5.92 Å². The predicted octanol–water partition coefficient (Wildman–Crippen LogP) is 3.00. The highest BCUT2D eigenvalue weighted by molar-refractivity contribution is 14.1. The summed E-state index contributed by atoms with van der Waals surface area (Å²) in [4.78, 5) is 0. The average molecular weight is 270 g/mol. The molecule has 62 valence electrons. The Morgan fingerprint density at radius 1 is 1.36 bits per heavy atom. The third-order valence-corrected chi connectivity index (χ3v) is 3.06. The summed E-state index contributed by atoms with van der Waals surface area (Å²) in [7, 11) is 0. The molecule has 11 heavy (non-hydrogen) atoms. The molecule has 0 aromatic carbocycles. The topological polar surface area (TPSA) is 0 Å². The zero-order valence-corrected chi connectivity index (χ0v) is 8.20. The Morgan fingerprint density at radius 2 is 2.09 bits per heavy atom. The van der Waals surface area contributed by atoms with Crippen molar-refractivity contribution in [2.75, 3.05) is 0 Å². The SMILES string of the molecule is FC1(F)C#CCCCC[C@H]1I. The van der Waals surface area contributed by atoms with Gasteiger partial charge in [-0.15, -0.1) is 0 Å². The summed E-state index contributed by atoms with van der Waals surface area (Å²) >= 11 is 1.79. The van der Waals surface area contributed by atoms with E-state index >= 15 is 0 Å². The number of halogens is 3.